The van der Waals surface area contributed by atoms with Crippen LogP contribution in [0.5, 0.6) is 0 Å². The highest BCUT2D eigenvalue weighted by Crippen LogP contribution is 2.30. The fourth-order valence-corrected chi connectivity index (χ4v) is 1.78. The van der Waals surface area contributed by atoms with E-state index in [0.717, 1.165) is 0 Å². The topological polar surface area (TPSA) is 112 Å². The van der Waals surface area contributed by atoms with Crippen molar-refractivity contribution in [3.63, 3.8) is 0 Å². The molecule has 0 amide bonds. The van der Waals surface area contributed by atoms with Gasteiger partial charge in [-0.25, -0.2) is 4.79 Å². The molecule has 0 radical (unpaired) electrons. The van der Waals surface area contributed by atoms with Crippen LogP contribution >= 0.6 is 0 Å². The number of aryl methyl sites for hydroxylation is 1. The van der Waals surface area contributed by atoms with Gasteiger partial charge in [0.25, 0.3) is 0 Å². The molecule has 9 heteroatoms. The molecule has 0 spiro atoms. The van der Waals surface area contributed by atoms with Gasteiger partial charge in [-0.15, -0.1) is 0 Å². The lowest BCUT2D eigenvalue weighted by atomic mass is 10.1. The average molecular weight is 337 g/mol. The van der Waals surface area contributed by atoms with Crippen LogP contribution in [-0.2, 0) is 4.74 Å². The lowest BCUT2D eigenvalue weighted by molar-refractivity contribution is -0.401. The van der Waals surface area contributed by atoms with Crippen molar-refractivity contribution in [3.8, 4) is 11.5 Å². The van der Waals surface area contributed by atoms with Crippen molar-refractivity contribution in [3.05, 3.63) is 33.6 Å². The van der Waals surface area contributed by atoms with Crippen molar-refractivity contribution in [2.75, 3.05) is 20.7 Å². The van der Waals surface area contributed by atoms with E-state index in [1.54, 1.807) is 6.92 Å². The molecule has 0 atom stereocenters. The predicted octanol–water partition coefficient (Wildman–Crippen LogP) is 2.65. The second-order valence-electron chi connectivity index (χ2n) is 6.14. The number of esters is 1. The summed E-state index contributed by atoms with van der Waals surface area (Å²) in [5.41, 5.74) is -0.188. The molecular formula is C15H19N3O6. The van der Waals surface area contributed by atoms with E-state index in [1.807, 2.05) is 32.8 Å². The number of likely N-dealkylation sites (N-methyl/N-ethyl adjacent to an activating group) is 1. The van der Waals surface area contributed by atoms with Gasteiger partial charge in [-0.1, -0.05) is 5.16 Å². The zero-order valence-electron chi connectivity index (χ0n) is 14.2. The zero-order valence-corrected chi connectivity index (χ0v) is 14.2. The van der Waals surface area contributed by atoms with Crippen molar-refractivity contribution in [1.82, 2.24) is 10.1 Å². The lowest BCUT2D eigenvalue weighted by Gasteiger charge is -2.31. The summed E-state index contributed by atoms with van der Waals surface area (Å²) in [7, 11) is 3.76. The molecule has 130 valence electrons. The molecule has 2 rings (SSSR count). The fourth-order valence-electron chi connectivity index (χ4n) is 1.78. The van der Waals surface area contributed by atoms with Crippen LogP contribution in [0.2, 0.25) is 0 Å². The van der Waals surface area contributed by atoms with Crippen molar-refractivity contribution >= 4 is 11.9 Å². The molecule has 0 bridgehead atoms. The molecule has 24 heavy (non-hydrogen) atoms. The molecule has 0 aromatic carbocycles. The van der Waals surface area contributed by atoms with Gasteiger partial charge in [0.15, 0.2) is 11.5 Å². The zero-order chi connectivity index (χ0) is 18.1. The van der Waals surface area contributed by atoms with Crippen LogP contribution in [-0.4, -0.2) is 47.2 Å². The number of nitro groups is 1. The summed E-state index contributed by atoms with van der Waals surface area (Å²) in [5, 5.41) is 14.5. The Morgan fingerprint density at radius 1 is 1.42 bits per heavy atom. The number of rotatable bonds is 6. The Bertz CT molecular complexity index is 759. The van der Waals surface area contributed by atoms with E-state index in [9.17, 15) is 14.9 Å². The van der Waals surface area contributed by atoms with Crippen molar-refractivity contribution < 1.29 is 23.4 Å². The summed E-state index contributed by atoms with van der Waals surface area (Å²) in [6, 6.07) is 2.54. The molecule has 0 fully saturated rings. The smallest absolute Gasteiger partial charge is 0.433 e. The van der Waals surface area contributed by atoms with Crippen LogP contribution in [0.4, 0.5) is 5.88 Å². The molecule has 0 unspecified atom stereocenters. The van der Waals surface area contributed by atoms with Gasteiger partial charge in [0, 0.05) is 5.54 Å². The number of hydrogen-bond acceptors (Lipinski definition) is 8. The number of hydrogen-bond donors (Lipinski definition) is 0. The van der Waals surface area contributed by atoms with Crippen molar-refractivity contribution in [2.45, 2.75) is 26.3 Å². The third-order valence-corrected chi connectivity index (χ3v) is 3.84. The van der Waals surface area contributed by atoms with Crippen molar-refractivity contribution in [2.24, 2.45) is 0 Å². The minimum atomic E-state index is -0.673. The van der Waals surface area contributed by atoms with E-state index in [1.165, 1.54) is 12.1 Å². The summed E-state index contributed by atoms with van der Waals surface area (Å²) in [5.74, 6) is -0.759. The number of carbonyl (C=O) groups is 1. The molecule has 2 heterocycles. The normalized spacial score (nSPS) is 11.8. The Hall–Kier alpha value is -2.68. The molecule has 0 aliphatic heterocycles. The minimum absolute atomic E-state index is 0.0670. The third kappa shape index (κ3) is 3.46. The number of furan rings is 1. The van der Waals surface area contributed by atoms with Crippen LogP contribution in [0.15, 0.2) is 21.1 Å². The van der Waals surface area contributed by atoms with Crippen LogP contribution < -0.4 is 0 Å². The van der Waals surface area contributed by atoms with Gasteiger partial charge >= 0.3 is 11.9 Å². The standard InChI is InChI=1S/C15H19N3O6/c1-9-12(14(19)22-8-15(2,3)17(4)5)13(16-24-9)10-6-7-11(23-10)18(20)21/h6-7H,8H2,1-5H3. The first-order chi connectivity index (χ1) is 11.1. The summed E-state index contributed by atoms with van der Waals surface area (Å²) in [6.45, 7) is 5.57. The second kappa shape index (κ2) is 6.44. The SMILES string of the molecule is Cc1onc(-c2ccc([N+](=O)[O-])o2)c1C(=O)OCC(C)(C)N(C)C. The van der Waals surface area contributed by atoms with Crippen LogP contribution in [0.25, 0.3) is 11.5 Å². The molecule has 0 aliphatic rings. The second-order valence-corrected chi connectivity index (χ2v) is 6.14. The first kappa shape index (κ1) is 17.7. The monoisotopic (exact) mass is 337 g/mol. The Balaban J connectivity index is 2.26. The highest BCUT2D eigenvalue weighted by molar-refractivity contribution is 5.96. The first-order valence-corrected chi connectivity index (χ1v) is 7.19. The number of nitrogens with zero attached hydrogens (tertiary/aromatic N) is 3. The van der Waals surface area contributed by atoms with Crippen LogP contribution in [0.1, 0.15) is 30.0 Å². The van der Waals surface area contributed by atoms with Crippen LogP contribution in [0.3, 0.4) is 0 Å². The Labute approximate surface area is 138 Å². The van der Waals surface area contributed by atoms with Gasteiger partial charge in [-0.2, -0.15) is 0 Å². The molecule has 0 N–H and O–H groups in total. The first-order valence-electron chi connectivity index (χ1n) is 7.19. The molecule has 9 nitrogen and oxygen atoms in total. The molecular weight excluding hydrogens is 318 g/mol. The van der Waals surface area contributed by atoms with Gasteiger partial charge in [0.1, 0.15) is 22.9 Å². The maximum absolute atomic E-state index is 12.4. The van der Waals surface area contributed by atoms with E-state index >= 15 is 0 Å². The summed E-state index contributed by atoms with van der Waals surface area (Å²) in [6.07, 6.45) is 0. The highest BCUT2D eigenvalue weighted by atomic mass is 16.6. The molecule has 0 aliphatic carbocycles. The van der Waals surface area contributed by atoms with Crippen molar-refractivity contribution in [1.29, 1.82) is 0 Å². The average Bonchev–Trinajstić information content (AvgIpc) is 3.11. The van der Waals surface area contributed by atoms with Gasteiger partial charge in [-0.3, -0.25) is 10.1 Å². The van der Waals surface area contributed by atoms with Crippen LogP contribution in [0, 0.1) is 17.0 Å². The number of carbonyl (C=O) groups excluding carboxylic acids is 1. The molecule has 0 saturated carbocycles. The van der Waals surface area contributed by atoms with Gasteiger partial charge in [0.2, 0.25) is 0 Å². The van der Waals surface area contributed by atoms with E-state index in [0.29, 0.717) is 0 Å². The predicted molar refractivity (Wildman–Crippen MR) is 83.6 cm³/mol. The molecule has 2 aromatic rings. The minimum Gasteiger partial charge on any atom is -0.460 e. The number of aromatic nitrogens is 1. The van der Waals surface area contributed by atoms with E-state index in [4.69, 9.17) is 13.7 Å². The fraction of sp³-hybridized carbons (Fsp3) is 0.467. The summed E-state index contributed by atoms with van der Waals surface area (Å²) < 4.78 is 15.5. The molecule has 2 aromatic heterocycles. The van der Waals surface area contributed by atoms with E-state index < -0.39 is 16.8 Å². The Kier molecular flexibility index (Phi) is 4.74. The Morgan fingerprint density at radius 3 is 2.62 bits per heavy atom. The highest BCUT2D eigenvalue weighted by Gasteiger charge is 2.29. The third-order valence-electron chi connectivity index (χ3n) is 3.84. The number of ether oxygens (including phenoxy) is 1. The van der Waals surface area contributed by atoms with Gasteiger partial charge < -0.3 is 18.6 Å². The largest absolute Gasteiger partial charge is 0.460 e. The molecule has 0 saturated heterocycles. The van der Waals surface area contributed by atoms with Gasteiger partial charge in [0.05, 0.1) is 6.07 Å². The quantitative estimate of drug-likeness (QED) is 0.449. The van der Waals surface area contributed by atoms with E-state index in [-0.39, 0.29) is 34.9 Å². The van der Waals surface area contributed by atoms with Gasteiger partial charge in [-0.05, 0) is 40.9 Å². The van der Waals surface area contributed by atoms with E-state index in [2.05, 4.69) is 5.16 Å². The summed E-state index contributed by atoms with van der Waals surface area (Å²) >= 11 is 0. The lowest BCUT2D eigenvalue weighted by Crippen LogP contribution is -2.43. The maximum atomic E-state index is 12.4. The Morgan fingerprint density at radius 2 is 2.08 bits per heavy atom. The summed E-state index contributed by atoms with van der Waals surface area (Å²) in [4.78, 5) is 24.4. The maximum Gasteiger partial charge on any atom is 0.433 e.